The number of hydrogen-bond acceptors (Lipinski definition) is 6. The summed E-state index contributed by atoms with van der Waals surface area (Å²) >= 11 is 6.31. The van der Waals surface area contributed by atoms with Crippen LogP contribution in [0.1, 0.15) is 31.1 Å². The molecule has 0 amide bonds. The molecule has 1 N–H and O–H groups in total. The number of rotatable bonds is 6. The molecule has 4 rings (SSSR count). The summed E-state index contributed by atoms with van der Waals surface area (Å²) in [7, 11) is 0. The van der Waals surface area contributed by atoms with E-state index in [0.29, 0.717) is 22.8 Å². The monoisotopic (exact) mass is 480 g/mol. The van der Waals surface area contributed by atoms with Crippen molar-refractivity contribution in [1.82, 2.24) is 19.5 Å². The van der Waals surface area contributed by atoms with Gasteiger partial charge >= 0.3 is 0 Å². The van der Waals surface area contributed by atoms with Crippen LogP contribution in [-0.4, -0.2) is 24.6 Å². The molecule has 0 aliphatic rings. The van der Waals surface area contributed by atoms with E-state index in [1.54, 1.807) is 63.4 Å². The van der Waals surface area contributed by atoms with Crippen LogP contribution in [-0.2, 0) is 12.2 Å². The zero-order valence-electron chi connectivity index (χ0n) is 18.8. The Morgan fingerprint density at radius 2 is 1.85 bits per heavy atom. The summed E-state index contributed by atoms with van der Waals surface area (Å²) < 4.78 is 20.1. The van der Waals surface area contributed by atoms with E-state index in [-0.39, 0.29) is 29.2 Å². The van der Waals surface area contributed by atoms with Crippen LogP contribution in [0.2, 0.25) is 5.02 Å². The predicted octanol–water partition coefficient (Wildman–Crippen LogP) is 4.60. The van der Waals surface area contributed by atoms with Crippen LogP contribution in [0.15, 0.2) is 65.6 Å². The number of aromatic nitrogens is 4. The van der Waals surface area contributed by atoms with Crippen molar-refractivity contribution in [1.29, 1.82) is 0 Å². The molecule has 34 heavy (non-hydrogen) atoms. The molecule has 0 saturated heterocycles. The van der Waals surface area contributed by atoms with Gasteiger partial charge in [0.2, 0.25) is 5.88 Å². The molecule has 0 atom stereocenters. The summed E-state index contributed by atoms with van der Waals surface area (Å²) in [6.07, 6.45) is 1.57. The molecule has 0 unspecified atom stereocenters. The molecule has 2 aromatic heterocycles. The van der Waals surface area contributed by atoms with Crippen molar-refractivity contribution in [3.63, 3.8) is 0 Å². The highest BCUT2D eigenvalue weighted by molar-refractivity contribution is 6.31. The SMILES string of the molecule is Cc1nc(OCc2ccc(F)cc2)c(Cl)c(=O)n1-c1cccc(-c2ccnc(C(C)(C)O)n2)c1. The fourth-order valence-corrected chi connectivity index (χ4v) is 3.51. The molecule has 7 nitrogen and oxygen atoms in total. The topological polar surface area (TPSA) is 90.1 Å². The van der Waals surface area contributed by atoms with E-state index < -0.39 is 11.2 Å². The fourth-order valence-electron chi connectivity index (χ4n) is 3.33. The van der Waals surface area contributed by atoms with Gasteiger partial charge in [0.05, 0.1) is 11.4 Å². The van der Waals surface area contributed by atoms with Crippen molar-refractivity contribution in [3.05, 3.63) is 99.2 Å². The quantitative estimate of drug-likeness (QED) is 0.434. The molecule has 9 heteroatoms. The third kappa shape index (κ3) is 4.98. The second-order valence-corrected chi connectivity index (χ2v) is 8.59. The first-order valence-electron chi connectivity index (χ1n) is 10.5. The average molecular weight is 481 g/mol. The molecule has 2 aromatic carbocycles. The number of benzene rings is 2. The molecule has 0 saturated carbocycles. The van der Waals surface area contributed by atoms with Gasteiger partial charge in [0.15, 0.2) is 10.8 Å². The van der Waals surface area contributed by atoms with Crippen molar-refractivity contribution < 1.29 is 14.2 Å². The molecular weight excluding hydrogens is 459 g/mol. The molecule has 2 heterocycles. The molecule has 0 radical (unpaired) electrons. The van der Waals surface area contributed by atoms with Crippen molar-refractivity contribution >= 4 is 11.6 Å². The van der Waals surface area contributed by atoms with Crippen LogP contribution in [0.3, 0.4) is 0 Å². The van der Waals surface area contributed by atoms with Gasteiger partial charge in [-0.3, -0.25) is 9.36 Å². The van der Waals surface area contributed by atoms with E-state index in [1.807, 2.05) is 6.07 Å². The Morgan fingerprint density at radius 3 is 2.56 bits per heavy atom. The number of nitrogens with zero attached hydrogens (tertiary/aromatic N) is 4. The van der Waals surface area contributed by atoms with E-state index in [4.69, 9.17) is 16.3 Å². The molecule has 0 bridgehead atoms. The zero-order chi connectivity index (χ0) is 24.5. The molecule has 0 aliphatic heterocycles. The van der Waals surface area contributed by atoms with E-state index in [9.17, 15) is 14.3 Å². The Balaban J connectivity index is 1.67. The summed E-state index contributed by atoms with van der Waals surface area (Å²) in [4.78, 5) is 26.1. The minimum Gasteiger partial charge on any atom is -0.472 e. The van der Waals surface area contributed by atoms with Gasteiger partial charge in [-0.25, -0.2) is 14.4 Å². The van der Waals surface area contributed by atoms with Gasteiger partial charge < -0.3 is 9.84 Å². The standard InChI is InChI=1S/C25H22ClFN4O3/c1-15-29-22(34-14-16-7-9-18(27)10-8-16)21(26)23(32)31(15)19-6-4-5-17(13-19)20-11-12-28-24(30-20)25(2,3)33/h4-13,33H,14H2,1-3H3. The van der Waals surface area contributed by atoms with Crippen LogP contribution in [0.5, 0.6) is 5.88 Å². The first-order chi connectivity index (χ1) is 16.1. The Hall–Kier alpha value is -3.62. The number of hydrogen-bond donors (Lipinski definition) is 1. The third-order valence-electron chi connectivity index (χ3n) is 5.06. The highest BCUT2D eigenvalue weighted by atomic mass is 35.5. The van der Waals surface area contributed by atoms with Crippen molar-refractivity contribution in [3.8, 4) is 22.8 Å². The molecule has 0 aliphatic carbocycles. The maximum absolute atomic E-state index is 13.1. The smallest absolute Gasteiger partial charge is 0.280 e. The van der Waals surface area contributed by atoms with Gasteiger partial charge in [-0.1, -0.05) is 35.9 Å². The number of aryl methyl sites for hydroxylation is 1. The molecule has 0 spiro atoms. The van der Waals surface area contributed by atoms with Gasteiger partial charge in [-0.05, 0) is 56.7 Å². The highest BCUT2D eigenvalue weighted by Crippen LogP contribution is 2.25. The predicted molar refractivity (Wildman–Crippen MR) is 127 cm³/mol. The lowest BCUT2D eigenvalue weighted by atomic mass is 10.1. The van der Waals surface area contributed by atoms with Gasteiger partial charge in [0.25, 0.3) is 5.56 Å². The lowest BCUT2D eigenvalue weighted by Gasteiger charge is -2.16. The van der Waals surface area contributed by atoms with E-state index in [0.717, 1.165) is 5.56 Å². The maximum Gasteiger partial charge on any atom is 0.280 e. The Morgan fingerprint density at radius 1 is 1.12 bits per heavy atom. The van der Waals surface area contributed by atoms with E-state index in [1.165, 1.54) is 16.7 Å². The van der Waals surface area contributed by atoms with Gasteiger partial charge in [0, 0.05) is 11.8 Å². The van der Waals surface area contributed by atoms with E-state index in [2.05, 4.69) is 15.0 Å². The van der Waals surface area contributed by atoms with Crippen LogP contribution < -0.4 is 10.3 Å². The van der Waals surface area contributed by atoms with Crippen molar-refractivity contribution in [2.45, 2.75) is 33.0 Å². The normalized spacial score (nSPS) is 11.5. The van der Waals surface area contributed by atoms with Crippen molar-refractivity contribution in [2.24, 2.45) is 0 Å². The van der Waals surface area contributed by atoms with Gasteiger partial charge in [-0.15, -0.1) is 0 Å². The number of aliphatic hydroxyl groups is 1. The van der Waals surface area contributed by atoms with Crippen LogP contribution >= 0.6 is 11.6 Å². The minimum absolute atomic E-state index is 0.00603. The van der Waals surface area contributed by atoms with Crippen LogP contribution in [0.4, 0.5) is 4.39 Å². The fraction of sp³-hybridized carbons (Fsp3) is 0.200. The molecule has 0 fully saturated rings. The zero-order valence-corrected chi connectivity index (χ0v) is 19.5. The summed E-state index contributed by atoms with van der Waals surface area (Å²) in [5, 5.41) is 10.1. The molecular formula is C25H22ClFN4O3. The van der Waals surface area contributed by atoms with E-state index >= 15 is 0 Å². The lowest BCUT2D eigenvalue weighted by Crippen LogP contribution is -2.23. The lowest BCUT2D eigenvalue weighted by molar-refractivity contribution is 0.0688. The Labute approximate surface area is 200 Å². The minimum atomic E-state index is -1.19. The summed E-state index contributed by atoms with van der Waals surface area (Å²) in [5.74, 6) is 0.321. The molecule has 4 aromatic rings. The first-order valence-corrected chi connectivity index (χ1v) is 10.8. The Kier molecular flexibility index (Phi) is 6.45. The van der Waals surface area contributed by atoms with Gasteiger partial charge in [0.1, 0.15) is 23.8 Å². The highest BCUT2D eigenvalue weighted by Gasteiger charge is 2.20. The number of ether oxygens (including phenoxy) is 1. The van der Waals surface area contributed by atoms with Crippen LogP contribution in [0, 0.1) is 12.7 Å². The Bertz CT molecular complexity index is 1400. The number of halogens is 2. The summed E-state index contributed by atoms with van der Waals surface area (Å²) in [5.41, 5.74) is 0.900. The largest absolute Gasteiger partial charge is 0.472 e. The third-order valence-corrected chi connectivity index (χ3v) is 5.38. The average Bonchev–Trinajstić information content (AvgIpc) is 2.81. The molecule has 174 valence electrons. The van der Waals surface area contributed by atoms with Gasteiger partial charge in [-0.2, -0.15) is 4.98 Å². The van der Waals surface area contributed by atoms with Crippen LogP contribution in [0.25, 0.3) is 16.9 Å². The second-order valence-electron chi connectivity index (χ2n) is 8.21. The second kappa shape index (κ2) is 9.32. The summed E-state index contributed by atoms with van der Waals surface area (Å²) in [6.45, 7) is 4.98. The van der Waals surface area contributed by atoms with Crippen molar-refractivity contribution in [2.75, 3.05) is 0 Å². The first kappa shape index (κ1) is 23.5. The maximum atomic E-state index is 13.1. The summed E-state index contributed by atoms with van der Waals surface area (Å²) in [6, 6.07) is 14.7.